The van der Waals surface area contributed by atoms with Gasteiger partial charge in [0, 0.05) is 34.2 Å². The summed E-state index contributed by atoms with van der Waals surface area (Å²) in [5, 5.41) is 9.39. The van der Waals surface area contributed by atoms with Crippen molar-refractivity contribution < 1.29 is 19.4 Å². The summed E-state index contributed by atoms with van der Waals surface area (Å²) in [6.45, 7) is 1.80. The molecule has 1 heterocycles. The lowest BCUT2D eigenvalue weighted by molar-refractivity contribution is -0.132. The number of benzene rings is 1. The standard InChI is InChI=1S/C18H26N2O4/c1-19(2)16(21)11-18(13-24-3)9-6-10-20(18)12-14-7-4-5-8-15(14)17(22)23/h4-5,7-8H,6,9-13H2,1-3H3,(H,22,23)/t18-/m1/s1. The van der Waals surface area contributed by atoms with Crippen LogP contribution in [0.15, 0.2) is 24.3 Å². The van der Waals surface area contributed by atoms with E-state index in [4.69, 9.17) is 4.74 Å². The molecule has 6 nitrogen and oxygen atoms in total. The van der Waals surface area contributed by atoms with E-state index in [9.17, 15) is 14.7 Å². The zero-order valence-corrected chi connectivity index (χ0v) is 14.6. The zero-order valence-electron chi connectivity index (χ0n) is 14.6. The molecule has 1 fully saturated rings. The van der Waals surface area contributed by atoms with E-state index in [2.05, 4.69) is 4.90 Å². The van der Waals surface area contributed by atoms with Crippen molar-refractivity contribution in [2.24, 2.45) is 0 Å². The summed E-state index contributed by atoms with van der Waals surface area (Å²) < 4.78 is 5.43. The lowest BCUT2D eigenvalue weighted by atomic mass is 9.91. The molecule has 0 aromatic heterocycles. The third-order valence-corrected chi connectivity index (χ3v) is 4.74. The SMILES string of the molecule is COC[C@]1(CC(=O)N(C)C)CCCN1Cc1ccccc1C(=O)O. The first-order chi connectivity index (χ1) is 11.4. The molecule has 0 bridgehead atoms. The highest BCUT2D eigenvalue weighted by Gasteiger charge is 2.43. The van der Waals surface area contributed by atoms with Crippen LogP contribution in [0.2, 0.25) is 0 Å². The van der Waals surface area contributed by atoms with Crippen LogP contribution in [0.1, 0.15) is 35.2 Å². The van der Waals surface area contributed by atoms with Gasteiger partial charge < -0.3 is 14.7 Å². The number of likely N-dealkylation sites (tertiary alicyclic amines) is 1. The van der Waals surface area contributed by atoms with Crippen LogP contribution >= 0.6 is 0 Å². The maximum absolute atomic E-state index is 12.3. The molecule has 1 aliphatic rings. The molecule has 0 spiro atoms. The summed E-state index contributed by atoms with van der Waals surface area (Å²) in [6, 6.07) is 7.04. The Hall–Kier alpha value is -1.92. The smallest absolute Gasteiger partial charge is 0.336 e. The fourth-order valence-corrected chi connectivity index (χ4v) is 3.44. The van der Waals surface area contributed by atoms with Crippen molar-refractivity contribution in [2.45, 2.75) is 31.3 Å². The number of hydrogen-bond acceptors (Lipinski definition) is 4. The van der Waals surface area contributed by atoms with Crippen LogP contribution in [0.25, 0.3) is 0 Å². The molecule has 1 N–H and O–H groups in total. The predicted molar refractivity (Wildman–Crippen MR) is 91.0 cm³/mol. The molecule has 1 aromatic carbocycles. The summed E-state index contributed by atoms with van der Waals surface area (Å²) in [5.41, 5.74) is 0.709. The van der Waals surface area contributed by atoms with Gasteiger partial charge in [-0.15, -0.1) is 0 Å². The van der Waals surface area contributed by atoms with E-state index in [1.807, 2.05) is 12.1 Å². The Balaban J connectivity index is 2.27. The van der Waals surface area contributed by atoms with E-state index in [0.717, 1.165) is 24.9 Å². The topological polar surface area (TPSA) is 70.1 Å². The zero-order chi connectivity index (χ0) is 17.7. The van der Waals surface area contributed by atoms with Gasteiger partial charge in [0.1, 0.15) is 0 Å². The monoisotopic (exact) mass is 334 g/mol. The van der Waals surface area contributed by atoms with E-state index < -0.39 is 5.97 Å². The van der Waals surface area contributed by atoms with E-state index in [0.29, 0.717) is 25.1 Å². The van der Waals surface area contributed by atoms with Crippen LogP contribution in [0.5, 0.6) is 0 Å². The number of carbonyl (C=O) groups is 2. The average Bonchev–Trinajstić information content (AvgIpc) is 2.90. The van der Waals surface area contributed by atoms with Crippen molar-refractivity contribution in [1.29, 1.82) is 0 Å². The summed E-state index contributed by atoms with van der Waals surface area (Å²) in [5.74, 6) is -0.864. The number of hydrogen-bond donors (Lipinski definition) is 1. The number of aromatic carboxylic acids is 1. The van der Waals surface area contributed by atoms with Gasteiger partial charge in [0.25, 0.3) is 0 Å². The minimum atomic E-state index is -0.925. The fraction of sp³-hybridized carbons (Fsp3) is 0.556. The van der Waals surface area contributed by atoms with Gasteiger partial charge in [0.15, 0.2) is 0 Å². The van der Waals surface area contributed by atoms with Gasteiger partial charge in [-0.05, 0) is 31.0 Å². The lowest BCUT2D eigenvalue weighted by Crippen LogP contribution is -2.50. The van der Waals surface area contributed by atoms with Gasteiger partial charge in [-0.1, -0.05) is 18.2 Å². The van der Waals surface area contributed by atoms with Gasteiger partial charge in [0.2, 0.25) is 5.91 Å². The van der Waals surface area contributed by atoms with E-state index in [1.54, 1.807) is 38.2 Å². The van der Waals surface area contributed by atoms with Crippen molar-refractivity contribution in [3.63, 3.8) is 0 Å². The second kappa shape index (κ2) is 7.77. The van der Waals surface area contributed by atoms with Gasteiger partial charge >= 0.3 is 5.97 Å². The van der Waals surface area contributed by atoms with Crippen molar-refractivity contribution in [3.05, 3.63) is 35.4 Å². The molecule has 1 aliphatic heterocycles. The largest absolute Gasteiger partial charge is 0.478 e. The first-order valence-electron chi connectivity index (χ1n) is 8.15. The van der Waals surface area contributed by atoms with Gasteiger partial charge in [0.05, 0.1) is 17.7 Å². The Bertz CT molecular complexity index is 602. The molecule has 132 valence electrons. The predicted octanol–water partition coefficient (Wildman–Crippen LogP) is 1.84. The van der Waals surface area contributed by atoms with Gasteiger partial charge in [-0.2, -0.15) is 0 Å². The van der Waals surface area contributed by atoms with Crippen LogP contribution in [0.4, 0.5) is 0 Å². The summed E-state index contributed by atoms with van der Waals surface area (Å²) in [6.07, 6.45) is 2.22. The summed E-state index contributed by atoms with van der Waals surface area (Å²) in [4.78, 5) is 27.6. The van der Waals surface area contributed by atoms with Crippen LogP contribution in [-0.2, 0) is 16.1 Å². The van der Waals surface area contributed by atoms with Crippen LogP contribution in [0, 0.1) is 0 Å². The highest BCUT2D eigenvalue weighted by molar-refractivity contribution is 5.89. The molecule has 2 rings (SSSR count). The lowest BCUT2D eigenvalue weighted by Gasteiger charge is -2.38. The number of methoxy groups -OCH3 is 1. The first-order valence-corrected chi connectivity index (χ1v) is 8.15. The molecule has 1 saturated heterocycles. The minimum Gasteiger partial charge on any atom is -0.478 e. The Morgan fingerprint density at radius 1 is 1.33 bits per heavy atom. The molecule has 1 amide bonds. The first kappa shape index (κ1) is 18.4. The van der Waals surface area contributed by atoms with E-state index >= 15 is 0 Å². The summed E-state index contributed by atoms with van der Waals surface area (Å²) in [7, 11) is 5.15. The number of nitrogens with zero attached hydrogens (tertiary/aromatic N) is 2. The molecular weight excluding hydrogens is 308 g/mol. The van der Waals surface area contributed by atoms with Gasteiger partial charge in [-0.3, -0.25) is 9.69 Å². The normalized spacial score (nSPS) is 21.0. The average molecular weight is 334 g/mol. The number of carboxylic acid groups (broad SMARTS) is 1. The molecule has 0 unspecified atom stereocenters. The Labute approximate surface area is 143 Å². The number of amides is 1. The summed E-state index contributed by atoms with van der Waals surface area (Å²) >= 11 is 0. The number of carbonyl (C=O) groups excluding carboxylic acids is 1. The Kier molecular flexibility index (Phi) is 5.96. The highest BCUT2D eigenvalue weighted by atomic mass is 16.5. The van der Waals surface area contributed by atoms with E-state index in [1.165, 1.54) is 0 Å². The van der Waals surface area contributed by atoms with Crippen LogP contribution in [0.3, 0.4) is 0 Å². The molecule has 0 aliphatic carbocycles. The third-order valence-electron chi connectivity index (χ3n) is 4.74. The van der Waals surface area contributed by atoms with Crippen molar-refractivity contribution in [1.82, 2.24) is 9.80 Å². The molecule has 24 heavy (non-hydrogen) atoms. The van der Waals surface area contributed by atoms with Crippen molar-refractivity contribution in [2.75, 3.05) is 34.4 Å². The van der Waals surface area contributed by atoms with E-state index in [-0.39, 0.29) is 11.4 Å². The second-order valence-electron chi connectivity index (χ2n) is 6.61. The highest BCUT2D eigenvalue weighted by Crippen LogP contribution is 2.35. The maximum Gasteiger partial charge on any atom is 0.336 e. The molecule has 0 saturated carbocycles. The molecule has 1 aromatic rings. The second-order valence-corrected chi connectivity index (χ2v) is 6.61. The number of ether oxygens (including phenoxy) is 1. The Morgan fingerprint density at radius 3 is 2.67 bits per heavy atom. The minimum absolute atomic E-state index is 0.0606. The molecule has 6 heteroatoms. The molecule has 1 atom stereocenters. The Morgan fingerprint density at radius 2 is 2.04 bits per heavy atom. The maximum atomic E-state index is 12.3. The number of rotatable bonds is 7. The number of carboxylic acids is 1. The van der Waals surface area contributed by atoms with Gasteiger partial charge in [-0.25, -0.2) is 4.79 Å². The van der Waals surface area contributed by atoms with Crippen LogP contribution < -0.4 is 0 Å². The van der Waals surface area contributed by atoms with Crippen molar-refractivity contribution in [3.8, 4) is 0 Å². The fourth-order valence-electron chi connectivity index (χ4n) is 3.44. The quantitative estimate of drug-likeness (QED) is 0.824. The van der Waals surface area contributed by atoms with Crippen LogP contribution in [-0.4, -0.2) is 66.7 Å². The molecular formula is C18H26N2O4. The molecule has 0 radical (unpaired) electrons. The van der Waals surface area contributed by atoms with Crippen molar-refractivity contribution >= 4 is 11.9 Å². The third kappa shape index (κ3) is 3.94.